The molecule has 3 N–H and O–H groups in total. The number of aromatic nitrogens is 3. The third-order valence-corrected chi connectivity index (χ3v) is 1.63. The molecule has 1 heterocycles. The van der Waals surface area contributed by atoms with Crippen LogP contribution in [0.4, 0.5) is 14.7 Å². The summed E-state index contributed by atoms with van der Waals surface area (Å²) in [5, 5.41) is 0. The monoisotopic (exact) mass is 236 g/mol. The molecule has 8 heteroatoms. The number of alkyl halides is 2. The summed E-state index contributed by atoms with van der Waals surface area (Å²) in [6.07, 6.45) is -2.12. The van der Waals surface area contributed by atoms with Crippen LogP contribution in [0, 0.1) is 4.77 Å². The Labute approximate surface area is 89.7 Å². The third kappa shape index (κ3) is 4.75. The summed E-state index contributed by atoms with van der Waals surface area (Å²) in [5.74, 6) is 0.626. The molecule has 0 fully saturated rings. The molecule has 0 bridgehead atoms. The molecule has 1 aromatic rings. The van der Waals surface area contributed by atoms with Crippen LogP contribution in [0.3, 0.4) is 0 Å². The second-order valence-corrected chi connectivity index (χ2v) is 3.04. The van der Waals surface area contributed by atoms with E-state index in [4.69, 9.17) is 18.0 Å². The zero-order valence-corrected chi connectivity index (χ0v) is 8.56. The number of nitrogen functional groups attached to an aromatic ring is 1. The van der Waals surface area contributed by atoms with E-state index in [1.54, 1.807) is 0 Å². The minimum absolute atomic E-state index is 0.120. The lowest BCUT2D eigenvalue weighted by Gasteiger charge is -2.03. The summed E-state index contributed by atoms with van der Waals surface area (Å²) in [5.41, 5.74) is 5.38. The van der Waals surface area contributed by atoms with Crippen LogP contribution in [-0.2, 0) is 11.2 Å². The average molecular weight is 236 g/mol. The summed E-state index contributed by atoms with van der Waals surface area (Å²) < 4.78 is 28.2. The minimum Gasteiger partial charge on any atom is -0.375 e. The van der Waals surface area contributed by atoms with Gasteiger partial charge in [0.25, 0.3) is 6.43 Å². The number of hydrogen-bond acceptors (Lipinski definition) is 5. The molecule has 0 aliphatic rings. The zero-order valence-electron chi connectivity index (χ0n) is 7.74. The number of hydrogen-bond donors (Lipinski definition) is 2. The van der Waals surface area contributed by atoms with E-state index in [1.807, 2.05) is 0 Å². The van der Waals surface area contributed by atoms with Gasteiger partial charge in [0.15, 0.2) is 0 Å². The highest BCUT2D eigenvalue weighted by molar-refractivity contribution is 7.71. The topological polar surface area (TPSA) is 76.8 Å². The van der Waals surface area contributed by atoms with E-state index in [-0.39, 0.29) is 17.3 Å². The van der Waals surface area contributed by atoms with Crippen molar-refractivity contribution < 1.29 is 13.5 Å². The number of halogens is 2. The Morgan fingerprint density at radius 2 is 2.20 bits per heavy atom. The number of nitrogens with two attached hydrogens (primary N) is 1. The van der Waals surface area contributed by atoms with E-state index < -0.39 is 13.0 Å². The lowest BCUT2D eigenvalue weighted by atomic mass is 10.4. The summed E-state index contributed by atoms with van der Waals surface area (Å²) >= 11 is 4.72. The second-order valence-electron chi connectivity index (χ2n) is 2.68. The van der Waals surface area contributed by atoms with Gasteiger partial charge in [-0.2, -0.15) is 4.98 Å². The molecule has 0 amide bonds. The summed E-state index contributed by atoms with van der Waals surface area (Å²) in [6.45, 7) is -0.451. The lowest BCUT2D eigenvalue weighted by molar-refractivity contribution is 0.0182. The van der Waals surface area contributed by atoms with Gasteiger partial charge in [-0.15, -0.1) is 0 Å². The van der Waals surface area contributed by atoms with Crippen LogP contribution in [0.1, 0.15) is 5.82 Å². The standard InChI is InChI=1S/C7H10F2N4OS/c8-4(9)3-14-2-1-5-11-6(10)13-7(15)12-5/h4H,1-3H2,(H3,10,11,12,13,15). The van der Waals surface area contributed by atoms with Crippen LogP contribution in [-0.4, -0.2) is 34.6 Å². The van der Waals surface area contributed by atoms with Crippen LogP contribution >= 0.6 is 12.2 Å². The third-order valence-electron chi connectivity index (χ3n) is 1.45. The predicted octanol–water partition coefficient (Wildman–Crippen LogP) is 0.941. The van der Waals surface area contributed by atoms with E-state index in [1.165, 1.54) is 0 Å². The minimum atomic E-state index is -2.46. The maximum Gasteiger partial charge on any atom is 0.261 e. The van der Waals surface area contributed by atoms with Gasteiger partial charge in [0.1, 0.15) is 12.4 Å². The molecule has 0 unspecified atom stereocenters. The van der Waals surface area contributed by atoms with Gasteiger partial charge in [-0.1, -0.05) is 0 Å². The maximum absolute atomic E-state index is 11.7. The molecule has 1 rings (SSSR count). The molecule has 0 saturated carbocycles. The summed E-state index contributed by atoms with van der Waals surface area (Å²) in [7, 11) is 0. The van der Waals surface area contributed by atoms with E-state index in [2.05, 4.69) is 19.7 Å². The van der Waals surface area contributed by atoms with Crippen LogP contribution < -0.4 is 5.73 Å². The fourth-order valence-electron chi connectivity index (χ4n) is 0.907. The van der Waals surface area contributed by atoms with Crippen molar-refractivity contribution in [1.82, 2.24) is 15.0 Å². The summed E-state index contributed by atoms with van der Waals surface area (Å²) in [6, 6.07) is 0. The first-order valence-electron chi connectivity index (χ1n) is 4.16. The number of aromatic amines is 1. The first-order chi connectivity index (χ1) is 7.08. The number of nitrogens with zero attached hydrogens (tertiary/aromatic N) is 2. The van der Waals surface area contributed by atoms with E-state index >= 15 is 0 Å². The summed E-state index contributed by atoms with van der Waals surface area (Å²) in [4.78, 5) is 10.2. The molecule has 84 valence electrons. The van der Waals surface area contributed by atoms with Gasteiger partial charge < -0.3 is 15.5 Å². The van der Waals surface area contributed by atoms with Crippen molar-refractivity contribution >= 4 is 18.2 Å². The van der Waals surface area contributed by atoms with Gasteiger partial charge in [-0.25, -0.2) is 13.8 Å². The number of ether oxygens (including phenoxy) is 1. The Bertz CT molecular complexity index is 370. The van der Waals surface area contributed by atoms with Crippen molar-refractivity contribution in [2.24, 2.45) is 0 Å². The molecule has 0 aliphatic carbocycles. The van der Waals surface area contributed by atoms with E-state index in [0.717, 1.165) is 0 Å². The fourth-order valence-corrected chi connectivity index (χ4v) is 1.12. The van der Waals surface area contributed by atoms with Crippen LogP contribution in [0.2, 0.25) is 0 Å². The highest BCUT2D eigenvalue weighted by Crippen LogP contribution is 1.97. The second kappa shape index (κ2) is 5.66. The lowest BCUT2D eigenvalue weighted by Crippen LogP contribution is -2.10. The van der Waals surface area contributed by atoms with Crippen LogP contribution in [0.15, 0.2) is 0 Å². The number of H-pyrrole nitrogens is 1. The molecule has 0 saturated heterocycles. The Morgan fingerprint density at radius 3 is 2.80 bits per heavy atom. The largest absolute Gasteiger partial charge is 0.375 e. The predicted molar refractivity (Wildman–Crippen MR) is 52.2 cm³/mol. The zero-order chi connectivity index (χ0) is 11.3. The SMILES string of the molecule is Nc1nc(=S)nc(CCOCC(F)F)[nH]1. The Morgan fingerprint density at radius 1 is 1.47 bits per heavy atom. The molecule has 15 heavy (non-hydrogen) atoms. The number of rotatable bonds is 5. The van der Waals surface area contributed by atoms with Crippen LogP contribution in [0.5, 0.6) is 0 Å². The molecule has 5 nitrogen and oxygen atoms in total. The highest BCUT2D eigenvalue weighted by Gasteiger charge is 2.02. The fraction of sp³-hybridized carbons (Fsp3) is 0.571. The highest BCUT2D eigenvalue weighted by atomic mass is 32.1. The molecule has 0 radical (unpaired) electrons. The first-order valence-corrected chi connectivity index (χ1v) is 4.57. The average Bonchev–Trinajstić information content (AvgIpc) is 2.10. The van der Waals surface area contributed by atoms with Gasteiger partial charge in [0.2, 0.25) is 10.7 Å². The Hall–Kier alpha value is -1.15. The molecule has 0 spiro atoms. The van der Waals surface area contributed by atoms with Crippen molar-refractivity contribution in [3.8, 4) is 0 Å². The normalized spacial score (nSPS) is 10.9. The number of anilines is 1. The van der Waals surface area contributed by atoms with Gasteiger partial charge in [0, 0.05) is 6.42 Å². The first kappa shape index (κ1) is 11.9. The number of nitrogens with one attached hydrogen (secondary N) is 1. The quantitative estimate of drug-likeness (QED) is 0.587. The van der Waals surface area contributed by atoms with Gasteiger partial charge >= 0.3 is 0 Å². The van der Waals surface area contributed by atoms with Crippen LogP contribution in [0.25, 0.3) is 0 Å². The van der Waals surface area contributed by atoms with Crippen molar-refractivity contribution in [2.75, 3.05) is 18.9 Å². The molecular formula is C7H10F2N4OS. The molecule has 0 aromatic carbocycles. The van der Waals surface area contributed by atoms with E-state index in [9.17, 15) is 8.78 Å². The van der Waals surface area contributed by atoms with Crippen molar-refractivity contribution in [3.63, 3.8) is 0 Å². The van der Waals surface area contributed by atoms with Crippen molar-refractivity contribution in [2.45, 2.75) is 12.8 Å². The molecule has 0 atom stereocenters. The van der Waals surface area contributed by atoms with Crippen molar-refractivity contribution in [1.29, 1.82) is 0 Å². The van der Waals surface area contributed by atoms with Gasteiger partial charge in [-0.3, -0.25) is 0 Å². The Balaban J connectivity index is 2.40. The maximum atomic E-state index is 11.7. The van der Waals surface area contributed by atoms with Crippen molar-refractivity contribution in [3.05, 3.63) is 10.6 Å². The smallest absolute Gasteiger partial charge is 0.261 e. The van der Waals surface area contributed by atoms with Gasteiger partial charge in [0.05, 0.1) is 6.61 Å². The molecule has 0 aliphatic heterocycles. The van der Waals surface area contributed by atoms with Gasteiger partial charge in [-0.05, 0) is 12.2 Å². The Kier molecular flexibility index (Phi) is 4.50. The molecular weight excluding hydrogens is 226 g/mol. The van der Waals surface area contributed by atoms with E-state index in [0.29, 0.717) is 12.2 Å². The molecule has 1 aromatic heterocycles.